The average molecular weight is 760 g/mol. The molecule has 0 aliphatic rings. The molecule has 0 fully saturated rings. The summed E-state index contributed by atoms with van der Waals surface area (Å²) in [4.78, 5) is 0. The fourth-order valence-electron chi connectivity index (χ4n) is 6.93. The zero-order chi connectivity index (χ0) is 67.0. The van der Waals surface area contributed by atoms with Gasteiger partial charge in [0.15, 0.2) is 0 Å². The number of fused-ring (bicyclic) bond motifs is 9. The van der Waals surface area contributed by atoms with Crippen LogP contribution in [0.2, 0.25) is 0 Å². The van der Waals surface area contributed by atoms with E-state index in [1.54, 1.807) is 0 Å². The van der Waals surface area contributed by atoms with E-state index in [0.717, 1.165) is 10.6 Å². The zero-order valence-electron chi connectivity index (χ0n) is 62.4. The summed E-state index contributed by atoms with van der Waals surface area (Å²) in [6.07, 6.45) is 0. The van der Waals surface area contributed by atoms with E-state index >= 15 is 0 Å². The van der Waals surface area contributed by atoms with E-state index in [1.807, 2.05) is 0 Å². The molecular weight excluding hydrogens is 691 g/mol. The van der Waals surface area contributed by atoms with Crippen molar-refractivity contribution < 1.29 is 46.6 Å². The molecule has 57 heavy (non-hydrogen) atoms. The summed E-state index contributed by atoms with van der Waals surface area (Å²) in [5, 5.41) is -3.52. The normalized spacial score (nSPS) is 20.2. The molecule has 3 heteroatoms. The monoisotopic (exact) mass is 759 g/mol. The Morgan fingerprint density at radius 1 is 0.246 bits per heavy atom. The minimum atomic E-state index is -1.20. The third-order valence-electron chi connectivity index (χ3n) is 9.30. The Bertz CT molecular complexity index is 5490. The fraction of sp³-hybridized carbons (Fsp3) is 0. The molecule has 266 valence electrons. The lowest BCUT2D eigenvalue weighted by atomic mass is 9.99. The largest absolute Gasteiger partial charge is 0.309 e. The maximum Gasteiger partial charge on any atom is 0.0667 e. The first-order valence-corrected chi connectivity index (χ1v) is 16.8. The van der Waals surface area contributed by atoms with Gasteiger partial charge in [0.1, 0.15) is 0 Å². The standard InChI is InChI=1S/C54H35N3/c1-2-14-36(15-3-1)37-16-12-17-38(32-37)39-18-13-19-40(33-39)56-51-26-10-6-22-45(51)47-31-29-42(35-53(47)56)57-52-27-11-7-23-46(52)48-30-28-41(34-54(48)57)55-49-24-8-4-20-43(49)44-21-5-9-25-50(44)55/h1-35H/i1D,2D,3D,4D,5D,6D,7D,8D,9D,10D,11D,12D,13D,14D,15D,16D,17D,18D,19D,20D,21D,22D,23D,24D,26D,27D,28D,29D,30D,31D,32D,33D,34D,35D. The molecule has 0 bridgehead atoms. The minimum absolute atomic E-state index is 0.373. The smallest absolute Gasteiger partial charge is 0.0667 e. The quantitative estimate of drug-likeness (QED) is 0.166. The van der Waals surface area contributed by atoms with Crippen LogP contribution in [0.3, 0.4) is 0 Å². The van der Waals surface area contributed by atoms with Crippen LogP contribution in [0.1, 0.15) is 46.6 Å². The Labute approximate surface area is 377 Å². The Morgan fingerprint density at radius 3 is 1.21 bits per heavy atom. The maximum absolute atomic E-state index is 10.4. The number of nitrogens with zero attached hydrogens (tertiary/aromatic N) is 3. The Balaban J connectivity index is 1.32. The van der Waals surface area contributed by atoms with Crippen molar-refractivity contribution in [2.24, 2.45) is 0 Å². The number of rotatable bonds is 5. The van der Waals surface area contributed by atoms with Crippen LogP contribution in [0.25, 0.3) is 105 Å². The van der Waals surface area contributed by atoms with Crippen LogP contribution in [0, 0.1) is 0 Å². The molecular formula is C54H35N3. The van der Waals surface area contributed by atoms with Crippen molar-refractivity contribution in [1.82, 2.24) is 13.7 Å². The van der Waals surface area contributed by atoms with E-state index in [9.17, 15) is 20.6 Å². The molecule has 0 radical (unpaired) electrons. The van der Waals surface area contributed by atoms with Crippen molar-refractivity contribution in [1.29, 1.82) is 0 Å². The highest BCUT2D eigenvalue weighted by molar-refractivity contribution is 6.13. The van der Waals surface area contributed by atoms with Gasteiger partial charge in [-0.1, -0.05) is 145 Å². The van der Waals surface area contributed by atoms with Crippen molar-refractivity contribution in [2.45, 2.75) is 0 Å². The predicted molar refractivity (Wildman–Crippen MR) is 240 cm³/mol. The van der Waals surface area contributed by atoms with Crippen molar-refractivity contribution in [3.05, 3.63) is 212 Å². The van der Waals surface area contributed by atoms with E-state index in [4.69, 9.17) is 26.0 Å². The molecule has 0 spiro atoms. The molecule has 0 unspecified atom stereocenters. The zero-order valence-corrected chi connectivity index (χ0v) is 28.4. The predicted octanol–water partition coefficient (Wildman–Crippen LogP) is 14.3. The summed E-state index contributed by atoms with van der Waals surface area (Å²) in [6, 6.07) is -32.4. The van der Waals surface area contributed by atoms with Crippen LogP contribution in [0.15, 0.2) is 212 Å². The highest BCUT2D eigenvalue weighted by atomic mass is 15.0. The molecule has 0 amide bonds. The molecule has 3 aromatic heterocycles. The van der Waals surface area contributed by atoms with Crippen molar-refractivity contribution in [3.8, 4) is 39.3 Å². The third-order valence-corrected chi connectivity index (χ3v) is 9.30. The van der Waals surface area contributed by atoms with Gasteiger partial charge in [-0.3, -0.25) is 0 Å². The molecule has 3 nitrogen and oxygen atoms in total. The first-order chi connectivity index (χ1) is 42.4. The lowest BCUT2D eigenvalue weighted by Gasteiger charge is -2.13. The van der Waals surface area contributed by atoms with Crippen LogP contribution >= 0.6 is 0 Å². The van der Waals surface area contributed by atoms with Gasteiger partial charge in [-0.15, -0.1) is 0 Å². The van der Waals surface area contributed by atoms with Crippen molar-refractivity contribution >= 4 is 65.4 Å². The minimum Gasteiger partial charge on any atom is -0.309 e. The van der Waals surface area contributed by atoms with Crippen molar-refractivity contribution in [2.75, 3.05) is 0 Å². The fourth-order valence-corrected chi connectivity index (χ4v) is 6.93. The van der Waals surface area contributed by atoms with Gasteiger partial charge in [-0.05, 0) is 88.7 Å². The van der Waals surface area contributed by atoms with Crippen LogP contribution in [0.4, 0.5) is 0 Å². The maximum atomic E-state index is 10.4. The first kappa shape index (κ1) is 13.0. The number of benzene rings is 9. The first-order valence-electron chi connectivity index (χ1n) is 33.8. The van der Waals surface area contributed by atoms with Gasteiger partial charge in [0.2, 0.25) is 0 Å². The highest BCUT2D eigenvalue weighted by Gasteiger charge is 2.19. The van der Waals surface area contributed by atoms with Gasteiger partial charge in [0.05, 0.1) is 79.7 Å². The summed E-state index contributed by atoms with van der Waals surface area (Å²) in [5.41, 5.74) is -10.6. The molecule has 9 aromatic carbocycles. The number of hydrogen-bond donors (Lipinski definition) is 0. The van der Waals surface area contributed by atoms with E-state index < -0.39 is 299 Å². The summed E-state index contributed by atoms with van der Waals surface area (Å²) in [7, 11) is 0. The van der Waals surface area contributed by atoms with Crippen LogP contribution in [-0.2, 0) is 0 Å². The Kier molecular flexibility index (Phi) is 2.84. The van der Waals surface area contributed by atoms with Crippen LogP contribution < -0.4 is 0 Å². The number of hydrogen-bond acceptors (Lipinski definition) is 0. The molecule has 0 saturated heterocycles. The number of para-hydroxylation sites is 4. The van der Waals surface area contributed by atoms with Gasteiger partial charge < -0.3 is 13.7 Å². The topological polar surface area (TPSA) is 14.8 Å². The third kappa shape index (κ3) is 4.86. The van der Waals surface area contributed by atoms with E-state index in [0.29, 0.717) is 9.13 Å². The van der Waals surface area contributed by atoms with Crippen LogP contribution in [0.5, 0.6) is 0 Å². The molecule has 3 heterocycles. The van der Waals surface area contributed by atoms with Crippen molar-refractivity contribution in [3.63, 3.8) is 0 Å². The number of aromatic nitrogens is 3. The van der Waals surface area contributed by atoms with Crippen LogP contribution in [-0.4, -0.2) is 13.7 Å². The lowest BCUT2D eigenvalue weighted by Crippen LogP contribution is -1.98. The SMILES string of the molecule is [2H]c1cc2c(c([2H])c1[2H])c1c([2H])c([2H])c([2H])c([2H])c1n2-c1c([2H])c([2H])c2c3c([2H])c([2H])c([2H])c([2H])c3n(-c3c([2H])c([2H])c4c5c([2H])c([2H])c([2H])c([2H])c5n(-c5c([2H])c([2H])c([2H])c(-c6c([2H])c([2H])c([2H])c(-c7c([2H])c([2H])c([2H])c([2H])c7[2H])c6[2H])c5[2H])c4c3[2H])c2c1[2H]. The summed E-state index contributed by atoms with van der Waals surface area (Å²) in [5.74, 6) is 0. The van der Waals surface area contributed by atoms with Gasteiger partial charge in [0, 0.05) is 49.4 Å². The molecule has 12 rings (SSSR count). The lowest BCUT2D eigenvalue weighted by molar-refractivity contribution is 1.14. The molecule has 0 aliphatic carbocycles. The molecule has 0 aliphatic heterocycles. The second kappa shape index (κ2) is 12.5. The van der Waals surface area contributed by atoms with Gasteiger partial charge in [-0.25, -0.2) is 0 Å². The summed E-state index contributed by atoms with van der Waals surface area (Å²) < 4.78 is 313. The molecule has 12 aromatic rings. The Morgan fingerprint density at radius 2 is 0.632 bits per heavy atom. The highest BCUT2D eigenvalue weighted by Crippen LogP contribution is 2.39. The molecule has 0 saturated carbocycles. The average Bonchev–Trinajstić information content (AvgIpc) is 1.55. The van der Waals surface area contributed by atoms with E-state index in [-0.39, 0.29) is 10.9 Å². The Hall–Kier alpha value is -7.62. The van der Waals surface area contributed by atoms with E-state index in [2.05, 4.69) is 0 Å². The van der Waals surface area contributed by atoms with Gasteiger partial charge in [-0.2, -0.15) is 0 Å². The van der Waals surface area contributed by atoms with Gasteiger partial charge >= 0.3 is 0 Å². The molecule has 0 N–H and O–H groups in total. The molecule has 0 atom stereocenters. The second-order valence-electron chi connectivity index (χ2n) is 12.3. The van der Waals surface area contributed by atoms with Gasteiger partial charge in [0.25, 0.3) is 0 Å². The summed E-state index contributed by atoms with van der Waals surface area (Å²) >= 11 is 0. The van der Waals surface area contributed by atoms with E-state index in [1.165, 1.54) is 0 Å². The summed E-state index contributed by atoms with van der Waals surface area (Å²) in [6.45, 7) is 0. The second-order valence-corrected chi connectivity index (χ2v) is 12.3.